The normalized spacial score (nSPS) is 17.4. The number of hydrogen-bond acceptors (Lipinski definition) is 7. The average Bonchev–Trinajstić information content (AvgIpc) is 3.14. The molecule has 1 N–H and O–H groups in total. The molecule has 0 aliphatic carbocycles. The molecule has 2 aromatic rings. The van der Waals surface area contributed by atoms with Crippen LogP contribution in [0.1, 0.15) is 43.9 Å². The maximum absolute atomic E-state index is 13.0. The Balaban J connectivity index is 1.45. The van der Waals surface area contributed by atoms with E-state index in [4.69, 9.17) is 31.1 Å². The number of rotatable bonds is 4. The zero-order valence-corrected chi connectivity index (χ0v) is 22.3. The van der Waals surface area contributed by atoms with Crippen LogP contribution in [0.25, 0.3) is 11.1 Å². The molecule has 0 bridgehead atoms. The van der Waals surface area contributed by atoms with Crippen molar-refractivity contribution in [3.8, 4) is 29.0 Å². The molecule has 2 atom stereocenters. The summed E-state index contributed by atoms with van der Waals surface area (Å²) in [4.78, 5) is 27.0. The van der Waals surface area contributed by atoms with Crippen molar-refractivity contribution in [2.24, 2.45) is 0 Å². The zero-order valence-electron chi connectivity index (χ0n) is 21.5. The predicted octanol–water partition coefficient (Wildman–Crippen LogP) is 4.35. The first-order valence-electron chi connectivity index (χ1n) is 12.4. The standard InChI is InChI=1S/C28H29ClN4O5/c1-28(2,3)38-27(35)33-7-4-8-36-25(15-33)26(34)32-20(14-31)10-18-11-24-22(12-23(18)29)21-6-5-17(13-30)9-19(21)16-37-24/h5-6,9,11-12,20,25H,4,7-8,10,15-16H2,1-3H3,(H,32,34)/t20-,25-/m0/s1. The fourth-order valence-electron chi connectivity index (χ4n) is 4.37. The fourth-order valence-corrected chi connectivity index (χ4v) is 4.61. The van der Waals surface area contributed by atoms with Crippen molar-refractivity contribution in [2.75, 3.05) is 19.7 Å². The number of halogens is 1. The SMILES string of the molecule is CC(C)(C)OC(=O)N1CCCO[C@H](C(=O)N[C@H](C#N)Cc2cc3c(cc2Cl)-c2ccc(C#N)cc2CO3)C1. The topological polar surface area (TPSA) is 125 Å². The van der Waals surface area contributed by atoms with Crippen molar-refractivity contribution in [3.05, 3.63) is 52.0 Å². The number of ether oxygens (including phenoxy) is 3. The third-order valence-electron chi connectivity index (χ3n) is 6.17. The van der Waals surface area contributed by atoms with E-state index in [1.54, 1.807) is 45.0 Å². The Morgan fingerprint density at radius 3 is 2.74 bits per heavy atom. The molecule has 2 amide bonds. The molecule has 2 aromatic carbocycles. The number of fused-ring (bicyclic) bond motifs is 3. The Bertz CT molecular complexity index is 1320. The molecular weight excluding hydrogens is 508 g/mol. The van der Waals surface area contributed by atoms with Crippen molar-refractivity contribution < 1.29 is 23.8 Å². The van der Waals surface area contributed by atoms with E-state index in [1.807, 2.05) is 6.07 Å². The van der Waals surface area contributed by atoms with E-state index < -0.39 is 29.7 Å². The van der Waals surface area contributed by atoms with Gasteiger partial charge in [0.2, 0.25) is 0 Å². The van der Waals surface area contributed by atoms with Crippen LogP contribution in [0.3, 0.4) is 0 Å². The number of nitriles is 2. The molecule has 9 nitrogen and oxygen atoms in total. The highest BCUT2D eigenvalue weighted by Gasteiger charge is 2.31. The van der Waals surface area contributed by atoms with E-state index in [2.05, 4.69) is 17.5 Å². The fraction of sp³-hybridized carbons (Fsp3) is 0.429. The lowest BCUT2D eigenvalue weighted by Crippen LogP contribution is -2.48. The third-order valence-corrected chi connectivity index (χ3v) is 6.53. The van der Waals surface area contributed by atoms with Crippen LogP contribution in [0.5, 0.6) is 5.75 Å². The number of carbonyl (C=O) groups excluding carboxylic acids is 2. The van der Waals surface area contributed by atoms with Gasteiger partial charge in [-0.1, -0.05) is 17.7 Å². The van der Waals surface area contributed by atoms with Gasteiger partial charge < -0.3 is 24.4 Å². The summed E-state index contributed by atoms with van der Waals surface area (Å²) < 4.78 is 17.0. The summed E-state index contributed by atoms with van der Waals surface area (Å²) in [5.74, 6) is 0.129. The number of amides is 2. The summed E-state index contributed by atoms with van der Waals surface area (Å²) in [6, 6.07) is 12.3. The molecule has 1 fully saturated rings. The lowest BCUT2D eigenvalue weighted by Gasteiger charge is -2.28. The highest BCUT2D eigenvalue weighted by Crippen LogP contribution is 2.41. The number of benzene rings is 2. The van der Waals surface area contributed by atoms with Crippen LogP contribution in [0, 0.1) is 22.7 Å². The molecule has 0 spiro atoms. The molecule has 0 unspecified atom stereocenters. The average molecular weight is 537 g/mol. The van der Waals surface area contributed by atoms with E-state index >= 15 is 0 Å². The van der Waals surface area contributed by atoms with Crippen molar-refractivity contribution in [2.45, 2.75) is 58.0 Å². The minimum absolute atomic E-state index is 0.0270. The second-order valence-electron chi connectivity index (χ2n) is 10.2. The van der Waals surface area contributed by atoms with Crippen LogP contribution in [-0.4, -0.2) is 54.3 Å². The third kappa shape index (κ3) is 6.36. The van der Waals surface area contributed by atoms with E-state index in [9.17, 15) is 14.9 Å². The first-order valence-corrected chi connectivity index (χ1v) is 12.7. The van der Waals surface area contributed by atoms with Gasteiger partial charge in [0, 0.05) is 30.2 Å². The summed E-state index contributed by atoms with van der Waals surface area (Å²) in [6.07, 6.45) is -0.724. The van der Waals surface area contributed by atoms with Crippen LogP contribution in [-0.2, 0) is 27.3 Å². The van der Waals surface area contributed by atoms with E-state index in [-0.39, 0.29) is 13.0 Å². The minimum atomic E-state index is -0.932. The molecule has 2 aliphatic rings. The second-order valence-corrected chi connectivity index (χ2v) is 10.7. The van der Waals surface area contributed by atoms with Crippen LogP contribution < -0.4 is 10.1 Å². The van der Waals surface area contributed by atoms with Crippen LogP contribution in [0.4, 0.5) is 4.79 Å². The van der Waals surface area contributed by atoms with E-state index in [0.29, 0.717) is 48.1 Å². The van der Waals surface area contributed by atoms with Gasteiger partial charge in [-0.3, -0.25) is 4.79 Å². The summed E-state index contributed by atoms with van der Waals surface area (Å²) in [7, 11) is 0. The first kappa shape index (κ1) is 27.3. The molecule has 0 aromatic heterocycles. The second kappa shape index (κ2) is 11.3. The molecule has 4 rings (SSSR count). The molecule has 198 valence electrons. The number of carbonyl (C=O) groups is 2. The first-order chi connectivity index (χ1) is 18.1. The van der Waals surface area contributed by atoms with Gasteiger partial charge in [-0.2, -0.15) is 10.5 Å². The molecule has 2 aliphatic heterocycles. The Labute approximate surface area is 226 Å². The lowest BCUT2D eigenvalue weighted by molar-refractivity contribution is -0.133. The molecular formula is C28H29ClN4O5. The van der Waals surface area contributed by atoms with Gasteiger partial charge >= 0.3 is 6.09 Å². The summed E-state index contributed by atoms with van der Waals surface area (Å²) >= 11 is 6.59. The smallest absolute Gasteiger partial charge is 0.410 e. The molecule has 0 radical (unpaired) electrons. The van der Waals surface area contributed by atoms with Gasteiger partial charge in [-0.15, -0.1) is 0 Å². The van der Waals surface area contributed by atoms with E-state index in [0.717, 1.165) is 16.7 Å². The van der Waals surface area contributed by atoms with Gasteiger partial charge in [0.1, 0.15) is 24.0 Å². The minimum Gasteiger partial charge on any atom is -0.488 e. The maximum Gasteiger partial charge on any atom is 0.410 e. The molecule has 38 heavy (non-hydrogen) atoms. The largest absolute Gasteiger partial charge is 0.488 e. The van der Waals surface area contributed by atoms with Crippen LogP contribution in [0.2, 0.25) is 5.02 Å². The molecule has 1 saturated heterocycles. The number of nitrogens with one attached hydrogen (secondary N) is 1. The van der Waals surface area contributed by atoms with Gasteiger partial charge in [-0.05, 0) is 68.1 Å². The zero-order chi connectivity index (χ0) is 27.4. The van der Waals surface area contributed by atoms with Crippen molar-refractivity contribution in [1.29, 1.82) is 10.5 Å². The van der Waals surface area contributed by atoms with Crippen molar-refractivity contribution >= 4 is 23.6 Å². The summed E-state index contributed by atoms with van der Waals surface area (Å²) in [5.41, 5.74) is 3.17. The Hall–Kier alpha value is -3.79. The van der Waals surface area contributed by atoms with Gasteiger partial charge in [0.25, 0.3) is 5.91 Å². The number of nitrogens with zero attached hydrogens (tertiary/aromatic N) is 3. The molecule has 10 heteroatoms. The van der Waals surface area contributed by atoms with Crippen LogP contribution in [0.15, 0.2) is 30.3 Å². The Morgan fingerprint density at radius 2 is 2.03 bits per heavy atom. The van der Waals surface area contributed by atoms with Gasteiger partial charge in [0.05, 0.1) is 24.2 Å². The lowest BCUT2D eigenvalue weighted by atomic mass is 9.93. The van der Waals surface area contributed by atoms with Crippen molar-refractivity contribution in [3.63, 3.8) is 0 Å². The summed E-state index contributed by atoms with van der Waals surface area (Å²) in [5, 5.41) is 22.1. The number of hydrogen-bond donors (Lipinski definition) is 1. The molecule has 0 saturated carbocycles. The monoisotopic (exact) mass is 536 g/mol. The van der Waals surface area contributed by atoms with Crippen molar-refractivity contribution in [1.82, 2.24) is 10.2 Å². The highest BCUT2D eigenvalue weighted by atomic mass is 35.5. The summed E-state index contributed by atoms with van der Waals surface area (Å²) in [6.45, 7) is 6.39. The highest BCUT2D eigenvalue weighted by molar-refractivity contribution is 6.31. The van der Waals surface area contributed by atoms with E-state index in [1.165, 1.54) is 4.90 Å². The predicted molar refractivity (Wildman–Crippen MR) is 139 cm³/mol. The maximum atomic E-state index is 13.0. The van der Waals surface area contributed by atoms with Gasteiger partial charge in [-0.25, -0.2) is 4.79 Å². The molecule has 2 heterocycles. The van der Waals surface area contributed by atoms with Gasteiger partial charge in [0.15, 0.2) is 6.10 Å². The quantitative estimate of drug-likeness (QED) is 0.616. The van der Waals surface area contributed by atoms with Crippen LogP contribution >= 0.6 is 11.6 Å². The Kier molecular flexibility index (Phi) is 8.11. The Morgan fingerprint density at radius 1 is 1.24 bits per heavy atom.